The Kier molecular flexibility index (Phi) is 6.97. The molecule has 1 amide bonds. The molecular formula is C21H23NO4. The molecule has 0 fully saturated rings. The van der Waals surface area contributed by atoms with Crippen LogP contribution < -0.4 is 4.74 Å². The Morgan fingerprint density at radius 2 is 1.73 bits per heavy atom. The Balaban J connectivity index is 1.83. The van der Waals surface area contributed by atoms with Crippen LogP contribution in [-0.4, -0.2) is 37.5 Å². The van der Waals surface area contributed by atoms with Gasteiger partial charge in [0.05, 0.1) is 13.2 Å². The molecule has 0 radical (unpaired) electrons. The van der Waals surface area contributed by atoms with Crippen LogP contribution in [0.4, 0.5) is 0 Å². The van der Waals surface area contributed by atoms with Crippen molar-refractivity contribution < 1.29 is 19.1 Å². The molecule has 2 aromatic rings. The molecule has 0 bridgehead atoms. The first-order valence-electron chi connectivity index (χ1n) is 8.30. The van der Waals surface area contributed by atoms with Gasteiger partial charge in [-0.2, -0.15) is 0 Å². The number of hydrogen-bond acceptors (Lipinski definition) is 4. The number of nitrogens with zero attached hydrogens (tertiary/aromatic N) is 1. The van der Waals surface area contributed by atoms with E-state index in [0.29, 0.717) is 0 Å². The van der Waals surface area contributed by atoms with E-state index in [1.807, 2.05) is 49.4 Å². The summed E-state index contributed by atoms with van der Waals surface area (Å²) in [6, 6.07) is 16.8. The normalized spacial score (nSPS) is 11.8. The first kappa shape index (κ1) is 19.2. The standard InChI is InChI=1S/C21H23NO4/c1-16(18-7-5-4-6-8-18)22(2)20(23)15-26-21(24)14-11-17-9-12-19(25-3)13-10-17/h4-14,16H,15H2,1-3H3/b14-11+. The molecular weight excluding hydrogens is 330 g/mol. The third-order valence-corrected chi connectivity index (χ3v) is 4.12. The van der Waals surface area contributed by atoms with E-state index in [1.165, 1.54) is 6.08 Å². The molecule has 1 atom stereocenters. The van der Waals surface area contributed by atoms with Crippen LogP contribution in [0.2, 0.25) is 0 Å². The van der Waals surface area contributed by atoms with Gasteiger partial charge >= 0.3 is 5.97 Å². The number of likely N-dealkylation sites (N-methyl/N-ethyl adjacent to an activating group) is 1. The number of esters is 1. The van der Waals surface area contributed by atoms with Crippen molar-refractivity contribution in [2.75, 3.05) is 20.8 Å². The second-order valence-corrected chi connectivity index (χ2v) is 5.81. The third-order valence-electron chi connectivity index (χ3n) is 4.12. The third kappa shape index (κ3) is 5.48. The fourth-order valence-corrected chi connectivity index (χ4v) is 2.33. The van der Waals surface area contributed by atoms with Gasteiger partial charge in [-0.25, -0.2) is 4.79 Å². The van der Waals surface area contributed by atoms with Crippen molar-refractivity contribution in [3.8, 4) is 5.75 Å². The molecule has 0 aliphatic heterocycles. The zero-order valence-corrected chi connectivity index (χ0v) is 15.2. The molecule has 0 aromatic heterocycles. The lowest BCUT2D eigenvalue weighted by Gasteiger charge is -2.25. The molecule has 136 valence electrons. The molecule has 2 rings (SSSR count). The van der Waals surface area contributed by atoms with E-state index in [9.17, 15) is 9.59 Å². The highest BCUT2D eigenvalue weighted by Crippen LogP contribution is 2.18. The highest BCUT2D eigenvalue weighted by atomic mass is 16.5. The quantitative estimate of drug-likeness (QED) is 0.565. The molecule has 0 saturated heterocycles. The fraction of sp³-hybridized carbons (Fsp3) is 0.238. The minimum Gasteiger partial charge on any atom is -0.497 e. The minimum atomic E-state index is -0.560. The van der Waals surface area contributed by atoms with E-state index in [4.69, 9.17) is 9.47 Å². The molecule has 5 nitrogen and oxygen atoms in total. The summed E-state index contributed by atoms with van der Waals surface area (Å²) in [5.74, 6) is -0.0756. The van der Waals surface area contributed by atoms with Crippen LogP contribution in [0, 0.1) is 0 Å². The summed E-state index contributed by atoms with van der Waals surface area (Å²) in [5.41, 5.74) is 1.86. The lowest BCUT2D eigenvalue weighted by Crippen LogP contribution is -2.33. The molecule has 26 heavy (non-hydrogen) atoms. The number of rotatable bonds is 7. The van der Waals surface area contributed by atoms with E-state index in [0.717, 1.165) is 16.9 Å². The maximum atomic E-state index is 12.2. The maximum Gasteiger partial charge on any atom is 0.331 e. The van der Waals surface area contributed by atoms with Gasteiger partial charge in [0.15, 0.2) is 6.61 Å². The van der Waals surface area contributed by atoms with Crippen LogP contribution in [0.5, 0.6) is 5.75 Å². The first-order valence-corrected chi connectivity index (χ1v) is 8.30. The summed E-state index contributed by atoms with van der Waals surface area (Å²) in [4.78, 5) is 25.6. The summed E-state index contributed by atoms with van der Waals surface area (Å²) < 4.78 is 10.1. The van der Waals surface area contributed by atoms with Crippen LogP contribution in [0.1, 0.15) is 24.1 Å². The SMILES string of the molecule is COc1ccc(/C=C/C(=O)OCC(=O)N(C)C(C)c2ccccc2)cc1. The minimum absolute atomic E-state index is 0.0998. The molecule has 0 aliphatic rings. The topological polar surface area (TPSA) is 55.8 Å². The monoisotopic (exact) mass is 353 g/mol. The number of hydrogen-bond donors (Lipinski definition) is 0. The largest absolute Gasteiger partial charge is 0.497 e. The smallest absolute Gasteiger partial charge is 0.331 e. The van der Waals surface area contributed by atoms with Gasteiger partial charge in [0.2, 0.25) is 0 Å². The van der Waals surface area contributed by atoms with Gasteiger partial charge in [0, 0.05) is 13.1 Å². The van der Waals surface area contributed by atoms with E-state index < -0.39 is 5.97 Å². The summed E-state index contributed by atoms with van der Waals surface area (Å²) in [5, 5.41) is 0. The van der Waals surface area contributed by atoms with Crippen molar-refractivity contribution in [2.45, 2.75) is 13.0 Å². The summed E-state index contributed by atoms with van der Waals surface area (Å²) in [6.45, 7) is 1.64. The van der Waals surface area contributed by atoms with Gasteiger partial charge in [-0.15, -0.1) is 0 Å². The summed E-state index contributed by atoms with van der Waals surface area (Å²) >= 11 is 0. The van der Waals surface area contributed by atoms with Crippen LogP contribution in [0.3, 0.4) is 0 Å². The van der Waals surface area contributed by atoms with Crippen LogP contribution >= 0.6 is 0 Å². The second-order valence-electron chi connectivity index (χ2n) is 5.81. The molecule has 5 heteroatoms. The van der Waals surface area contributed by atoms with Crippen molar-refractivity contribution in [3.05, 3.63) is 71.8 Å². The second kappa shape index (κ2) is 9.42. The molecule has 2 aromatic carbocycles. The fourth-order valence-electron chi connectivity index (χ4n) is 2.33. The Hall–Kier alpha value is -3.08. The zero-order chi connectivity index (χ0) is 18.9. The molecule has 0 spiro atoms. The van der Waals surface area contributed by atoms with E-state index in [1.54, 1.807) is 37.3 Å². The Morgan fingerprint density at radius 3 is 2.35 bits per heavy atom. The lowest BCUT2D eigenvalue weighted by molar-refractivity contribution is -0.148. The molecule has 0 heterocycles. The van der Waals surface area contributed by atoms with Crippen molar-refractivity contribution in [2.24, 2.45) is 0 Å². The number of benzene rings is 2. The van der Waals surface area contributed by atoms with Crippen LogP contribution in [0.15, 0.2) is 60.7 Å². The number of ether oxygens (including phenoxy) is 2. The Labute approximate surface area is 153 Å². The number of carbonyl (C=O) groups is 2. The first-order chi connectivity index (χ1) is 12.5. The highest BCUT2D eigenvalue weighted by Gasteiger charge is 2.18. The van der Waals surface area contributed by atoms with Crippen molar-refractivity contribution in [3.63, 3.8) is 0 Å². The average Bonchev–Trinajstić information content (AvgIpc) is 2.70. The summed E-state index contributed by atoms with van der Waals surface area (Å²) in [7, 11) is 3.29. The van der Waals surface area contributed by atoms with Gasteiger partial charge in [-0.05, 0) is 36.3 Å². The highest BCUT2D eigenvalue weighted by molar-refractivity contribution is 5.89. The molecule has 1 unspecified atom stereocenters. The molecule has 0 aliphatic carbocycles. The van der Waals surface area contributed by atoms with E-state index in [-0.39, 0.29) is 18.6 Å². The van der Waals surface area contributed by atoms with Gasteiger partial charge in [0.25, 0.3) is 5.91 Å². The maximum absolute atomic E-state index is 12.2. The van der Waals surface area contributed by atoms with Crippen molar-refractivity contribution in [1.82, 2.24) is 4.90 Å². The van der Waals surface area contributed by atoms with Gasteiger partial charge in [-0.1, -0.05) is 42.5 Å². The Bertz CT molecular complexity index is 753. The van der Waals surface area contributed by atoms with Gasteiger partial charge in [0.1, 0.15) is 5.75 Å². The van der Waals surface area contributed by atoms with Gasteiger partial charge in [-0.3, -0.25) is 4.79 Å². The van der Waals surface area contributed by atoms with Gasteiger partial charge < -0.3 is 14.4 Å². The molecule has 0 saturated carbocycles. The van der Waals surface area contributed by atoms with Crippen LogP contribution in [-0.2, 0) is 14.3 Å². The summed E-state index contributed by atoms with van der Waals surface area (Å²) in [6.07, 6.45) is 2.93. The predicted molar refractivity (Wildman–Crippen MR) is 101 cm³/mol. The number of amides is 1. The van der Waals surface area contributed by atoms with E-state index >= 15 is 0 Å². The van der Waals surface area contributed by atoms with E-state index in [2.05, 4.69) is 0 Å². The predicted octanol–water partition coefficient (Wildman–Crippen LogP) is 3.47. The van der Waals surface area contributed by atoms with Crippen LogP contribution in [0.25, 0.3) is 6.08 Å². The Morgan fingerprint density at radius 1 is 1.08 bits per heavy atom. The average molecular weight is 353 g/mol. The lowest BCUT2D eigenvalue weighted by atomic mass is 10.1. The van der Waals surface area contributed by atoms with Crippen molar-refractivity contribution in [1.29, 1.82) is 0 Å². The zero-order valence-electron chi connectivity index (χ0n) is 15.2. The molecule has 0 N–H and O–H groups in total. The number of carbonyl (C=O) groups excluding carboxylic acids is 2. The number of methoxy groups -OCH3 is 1. The van der Waals surface area contributed by atoms with Crippen molar-refractivity contribution >= 4 is 18.0 Å².